The van der Waals surface area contributed by atoms with Crippen molar-refractivity contribution < 1.29 is 14.3 Å². The summed E-state index contributed by atoms with van der Waals surface area (Å²) in [5.41, 5.74) is 0.992. The lowest BCUT2D eigenvalue weighted by Gasteiger charge is -2.10. The maximum Gasteiger partial charge on any atom is 0.266 e. The standard InChI is InChI=1S/C15H11NO3S2/c17-13-6-2-1-4-10(13)8-12-14(18)16(21-15(12)20)9-11-5-3-7-19-11/h1-8,17H,9H2/b12-8-. The van der Waals surface area contributed by atoms with Gasteiger partial charge in [0.05, 0.1) is 18.4 Å². The number of nitrogens with zero attached hydrogens (tertiary/aromatic N) is 1. The van der Waals surface area contributed by atoms with Crippen LogP contribution in [0.3, 0.4) is 0 Å². The summed E-state index contributed by atoms with van der Waals surface area (Å²) in [5, 5.41) is 9.78. The van der Waals surface area contributed by atoms with Gasteiger partial charge in [0, 0.05) is 17.5 Å². The third-order valence-corrected chi connectivity index (χ3v) is 4.33. The summed E-state index contributed by atoms with van der Waals surface area (Å²) in [6, 6.07) is 10.4. The lowest BCUT2D eigenvalue weighted by atomic mass is 10.1. The molecule has 0 radical (unpaired) electrons. The van der Waals surface area contributed by atoms with E-state index in [4.69, 9.17) is 16.6 Å². The van der Waals surface area contributed by atoms with Gasteiger partial charge in [0.2, 0.25) is 0 Å². The quantitative estimate of drug-likeness (QED) is 0.534. The van der Waals surface area contributed by atoms with Crippen molar-refractivity contribution in [3.8, 4) is 5.75 Å². The molecule has 21 heavy (non-hydrogen) atoms. The van der Waals surface area contributed by atoms with E-state index in [9.17, 15) is 9.90 Å². The molecule has 3 rings (SSSR count). The number of para-hydroxylation sites is 1. The van der Waals surface area contributed by atoms with Crippen LogP contribution in [-0.4, -0.2) is 19.5 Å². The lowest BCUT2D eigenvalue weighted by Crippen LogP contribution is -2.18. The van der Waals surface area contributed by atoms with Gasteiger partial charge in [0.1, 0.15) is 15.7 Å². The Bertz CT molecular complexity index is 722. The highest BCUT2D eigenvalue weighted by Gasteiger charge is 2.32. The summed E-state index contributed by atoms with van der Waals surface area (Å²) in [4.78, 5) is 12.4. The molecule has 0 aliphatic carbocycles. The van der Waals surface area contributed by atoms with Crippen LogP contribution in [0.4, 0.5) is 0 Å². The van der Waals surface area contributed by atoms with Crippen molar-refractivity contribution >= 4 is 40.3 Å². The molecule has 1 N–H and O–H groups in total. The Morgan fingerprint density at radius 3 is 2.81 bits per heavy atom. The molecule has 0 saturated carbocycles. The molecule has 0 bridgehead atoms. The molecule has 1 fully saturated rings. The van der Waals surface area contributed by atoms with E-state index < -0.39 is 0 Å². The second kappa shape index (κ2) is 5.75. The monoisotopic (exact) mass is 317 g/mol. The van der Waals surface area contributed by atoms with Gasteiger partial charge in [0.25, 0.3) is 5.91 Å². The highest BCUT2D eigenvalue weighted by Crippen LogP contribution is 2.33. The van der Waals surface area contributed by atoms with Gasteiger partial charge in [-0.15, -0.1) is 0 Å². The van der Waals surface area contributed by atoms with Crippen molar-refractivity contribution in [2.75, 3.05) is 0 Å². The number of rotatable bonds is 3. The Hall–Kier alpha value is -2.05. The molecular formula is C15H11NO3S2. The summed E-state index contributed by atoms with van der Waals surface area (Å²) in [6.45, 7) is 0.356. The molecule has 1 aliphatic rings. The predicted molar refractivity (Wildman–Crippen MR) is 85.5 cm³/mol. The first-order valence-corrected chi connectivity index (χ1v) is 7.39. The number of phenols is 1. The SMILES string of the molecule is O=C1/C(=C/c2ccccc2O)C(=S)SN1Cc1ccco1. The van der Waals surface area contributed by atoms with E-state index in [1.807, 2.05) is 6.07 Å². The fraction of sp³-hybridized carbons (Fsp3) is 0.0667. The molecule has 0 unspecified atom stereocenters. The zero-order valence-electron chi connectivity index (χ0n) is 10.9. The van der Waals surface area contributed by atoms with Crippen molar-refractivity contribution in [2.45, 2.75) is 6.54 Å². The maximum atomic E-state index is 12.4. The molecule has 4 nitrogen and oxygen atoms in total. The number of hydrogen-bond acceptors (Lipinski definition) is 5. The second-order valence-electron chi connectivity index (χ2n) is 4.42. The zero-order chi connectivity index (χ0) is 14.8. The van der Waals surface area contributed by atoms with E-state index in [1.165, 1.54) is 11.9 Å². The number of phenolic OH excluding ortho intramolecular Hbond substituents is 1. The van der Waals surface area contributed by atoms with E-state index in [1.54, 1.807) is 47.0 Å². The molecule has 1 aromatic carbocycles. The van der Waals surface area contributed by atoms with Crippen molar-refractivity contribution in [2.24, 2.45) is 0 Å². The first-order valence-electron chi connectivity index (χ1n) is 6.21. The van der Waals surface area contributed by atoms with Crippen LogP contribution >= 0.6 is 24.2 Å². The highest BCUT2D eigenvalue weighted by atomic mass is 32.2. The van der Waals surface area contributed by atoms with Gasteiger partial charge in [-0.3, -0.25) is 9.10 Å². The first-order chi connectivity index (χ1) is 10.1. The molecule has 0 spiro atoms. The molecule has 2 aromatic rings. The normalized spacial score (nSPS) is 17.0. The van der Waals surface area contributed by atoms with Crippen LogP contribution in [0.2, 0.25) is 0 Å². The fourth-order valence-corrected chi connectivity index (χ4v) is 3.18. The summed E-state index contributed by atoms with van der Waals surface area (Å²) in [5.74, 6) is 0.641. The minimum Gasteiger partial charge on any atom is -0.507 e. The Morgan fingerprint density at radius 1 is 1.29 bits per heavy atom. The molecule has 1 amide bonds. The number of carbonyl (C=O) groups excluding carboxylic acids is 1. The first kappa shape index (κ1) is 13.9. The number of hydrogen-bond donors (Lipinski definition) is 1. The third kappa shape index (κ3) is 2.86. The minimum atomic E-state index is -0.176. The predicted octanol–water partition coefficient (Wildman–Crippen LogP) is 3.39. The number of carbonyl (C=O) groups is 1. The fourth-order valence-electron chi connectivity index (χ4n) is 1.95. The molecule has 106 valence electrons. The van der Waals surface area contributed by atoms with Crippen LogP contribution in [0.1, 0.15) is 11.3 Å². The largest absolute Gasteiger partial charge is 0.507 e. The van der Waals surface area contributed by atoms with Gasteiger partial charge in [-0.25, -0.2) is 0 Å². The van der Waals surface area contributed by atoms with Gasteiger partial charge < -0.3 is 9.52 Å². The number of benzene rings is 1. The van der Waals surface area contributed by atoms with Gasteiger partial charge in [-0.2, -0.15) is 0 Å². The summed E-state index contributed by atoms with van der Waals surface area (Å²) in [7, 11) is 0. The Morgan fingerprint density at radius 2 is 2.10 bits per heavy atom. The molecule has 2 heterocycles. The second-order valence-corrected chi connectivity index (χ2v) is 6.11. The van der Waals surface area contributed by atoms with Crippen LogP contribution in [0.25, 0.3) is 6.08 Å². The van der Waals surface area contributed by atoms with E-state index in [0.29, 0.717) is 27.6 Å². The number of furan rings is 1. The summed E-state index contributed by atoms with van der Waals surface area (Å²) >= 11 is 6.46. The van der Waals surface area contributed by atoms with E-state index in [0.717, 1.165) is 0 Å². The Kier molecular flexibility index (Phi) is 3.81. The maximum absolute atomic E-state index is 12.4. The average Bonchev–Trinajstić information content (AvgIpc) is 3.05. The molecule has 1 saturated heterocycles. The van der Waals surface area contributed by atoms with Crippen molar-refractivity contribution in [3.05, 3.63) is 59.6 Å². The smallest absolute Gasteiger partial charge is 0.266 e. The molecule has 1 aliphatic heterocycles. The molecule has 0 atom stereocenters. The van der Waals surface area contributed by atoms with Crippen LogP contribution in [0.5, 0.6) is 5.75 Å². The highest BCUT2D eigenvalue weighted by molar-refractivity contribution is 8.23. The third-order valence-electron chi connectivity index (χ3n) is 2.99. The van der Waals surface area contributed by atoms with E-state index >= 15 is 0 Å². The summed E-state index contributed by atoms with van der Waals surface area (Å²) in [6.07, 6.45) is 3.19. The van der Waals surface area contributed by atoms with Crippen LogP contribution in [0, 0.1) is 0 Å². The van der Waals surface area contributed by atoms with Gasteiger partial charge in [-0.1, -0.05) is 30.4 Å². The van der Waals surface area contributed by atoms with Crippen LogP contribution in [-0.2, 0) is 11.3 Å². The summed E-state index contributed by atoms with van der Waals surface area (Å²) < 4.78 is 7.29. The number of amides is 1. The van der Waals surface area contributed by atoms with Crippen molar-refractivity contribution in [1.82, 2.24) is 4.31 Å². The van der Waals surface area contributed by atoms with Crippen molar-refractivity contribution in [3.63, 3.8) is 0 Å². The minimum absolute atomic E-state index is 0.120. The number of aromatic hydroxyl groups is 1. The van der Waals surface area contributed by atoms with E-state index in [2.05, 4.69) is 0 Å². The number of thiocarbonyl (C=S) groups is 1. The average molecular weight is 317 g/mol. The lowest BCUT2D eigenvalue weighted by molar-refractivity contribution is -0.121. The van der Waals surface area contributed by atoms with E-state index in [-0.39, 0.29) is 11.7 Å². The van der Waals surface area contributed by atoms with Gasteiger partial charge in [-0.05, 0) is 24.3 Å². The van der Waals surface area contributed by atoms with Crippen molar-refractivity contribution in [1.29, 1.82) is 0 Å². The molecular weight excluding hydrogens is 306 g/mol. The van der Waals surface area contributed by atoms with Gasteiger partial charge in [0.15, 0.2) is 0 Å². The molecule has 6 heteroatoms. The molecule has 1 aromatic heterocycles. The Balaban J connectivity index is 1.85. The van der Waals surface area contributed by atoms with Gasteiger partial charge >= 0.3 is 0 Å². The Labute approximate surface area is 131 Å². The van der Waals surface area contributed by atoms with Crippen LogP contribution in [0.15, 0.2) is 52.7 Å². The zero-order valence-corrected chi connectivity index (χ0v) is 12.5. The van der Waals surface area contributed by atoms with Crippen LogP contribution < -0.4 is 0 Å². The topological polar surface area (TPSA) is 53.7 Å².